The van der Waals surface area contributed by atoms with Crippen molar-refractivity contribution in [2.45, 2.75) is 45.1 Å². The molecule has 0 saturated heterocycles. The molecule has 0 aromatic heterocycles. The van der Waals surface area contributed by atoms with Crippen LogP contribution in [-0.4, -0.2) is 29.8 Å². The van der Waals surface area contributed by atoms with Crippen molar-refractivity contribution in [1.82, 2.24) is 10.2 Å². The lowest BCUT2D eigenvalue weighted by Crippen LogP contribution is -2.36. The molecule has 4 nitrogen and oxygen atoms in total. The molecule has 1 aliphatic rings. The van der Waals surface area contributed by atoms with Gasteiger partial charge in [-0.25, -0.2) is 0 Å². The molecule has 0 unspecified atom stereocenters. The Bertz CT molecular complexity index is 870. The molecule has 0 fully saturated rings. The first-order chi connectivity index (χ1) is 14.0. The van der Waals surface area contributed by atoms with Crippen LogP contribution in [0.25, 0.3) is 0 Å². The molecule has 154 valence electrons. The first kappa shape index (κ1) is 21.7. The fraction of sp³-hybridized carbons (Fsp3) is 0.391. The van der Waals surface area contributed by atoms with Crippen LogP contribution in [0.5, 0.6) is 0 Å². The van der Waals surface area contributed by atoms with E-state index in [-0.39, 0.29) is 11.8 Å². The van der Waals surface area contributed by atoms with Crippen LogP contribution >= 0.6 is 23.2 Å². The molecule has 0 atom stereocenters. The summed E-state index contributed by atoms with van der Waals surface area (Å²) < 4.78 is 0. The minimum atomic E-state index is 0.0180. The number of nitrogens with one attached hydrogen (secondary N) is 1. The van der Waals surface area contributed by atoms with Crippen LogP contribution < -0.4 is 5.32 Å². The van der Waals surface area contributed by atoms with Gasteiger partial charge in [-0.1, -0.05) is 53.5 Å². The van der Waals surface area contributed by atoms with Gasteiger partial charge in [0.15, 0.2) is 0 Å². The van der Waals surface area contributed by atoms with Crippen molar-refractivity contribution in [3.63, 3.8) is 0 Å². The Labute approximate surface area is 182 Å². The number of hydrogen-bond acceptors (Lipinski definition) is 2. The molecule has 1 aliphatic heterocycles. The van der Waals surface area contributed by atoms with Crippen LogP contribution in [0.3, 0.4) is 0 Å². The van der Waals surface area contributed by atoms with Crippen molar-refractivity contribution in [3.05, 3.63) is 69.2 Å². The number of fused-ring (bicyclic) bond motifs is 1. The molecule has 1 N–H and O–H groups in total. The molecule has 0 radical (unpaired) electrons. The van der Waals surface area contributed by atoms with Gasteiger partial charge in [-0.15, -0.1) is 0 Å². The average molecular weight is 433 g/mol. The van der Waals surface area contributed by atoms with E-state index in [1.165, 1.54) is 11.1 Å². The topological polar surface area (TPSA) is 49.4 Å². The smallest absolute Gasteiger partial charge is 0.222 e. The summed E-state index contributed by atoms with van der Waals surface area (Å²) in [7, 11) is 0. The van der Waals surface area contributed by atoms with E-state index in [2.05, 4.69) is 17.4 Å². The molecule has 0 spiro atoms. The van der Waals surface area contributed by atoms with E-state index in [1.54, 1.807) is 6.07 Å². The van der Waals surface area contributed by atoms with Gasteiger partial charge in [-0.2, -0.15) is 0 Å². The maximum absolute atomic E-state index is 12.4. The number of benzene rings is 2. The zero-order valence-corrected chi connectivity index (χ0v) is 17.9. The number of aryl methyl sites for hydroxylation is 1. The Hall–Kier alpha value is -2.04. The van der Waals surface area contributed by atoms with Crippen LogP contribution in [0.15, 0.2) is 42.5 Å². The maximum atomic E-state index is 12.4. The molecule has 2 aromatic carbocycles. The van der Waals surface area contributed by atoms with Crippen molar-refractivity contribution in [1.29, 1.82) is 0 Å². The van der Waals surface area contributed by atoms with E-state index in [9.17, 15) is 9.59 Å². The molecule has 6 heteroatoms. The number of nitrogens with zero attached hydrogens (tertiary/aromatic N) is 1. The highest BCUT2D eigenvalue weighted by atomic mass is 35.5. The van der Waals surface area contributed by atoms with Gasteiger partial charge in [-0.3, -0.25) is 9.59 Å². The first-order valence-corrected chi connectivity index (χ1v) is 10.8. The summed E-state index contributed by atoms with van der Waals surface area (Å²) in [4.78, 5) is 26.3. The van der Waals surface area contributed by atoms with E-state index >= 15 is 0 Å². The summed E-state index contributed by atoms with van der Waals surface area (Å²) in [6, 6.07) is 13.8. The Balaban J connectivity index is 1.29. The summed E-state index contributed by atoms with van der Waals surface area (Å²) in [6.45, 7) is 1.99. The van der Waals surface area contributed by atoms with Gasteiger partial charge in [0.05, 0.1) is 10.0 Å². The fourth-order valence-electron chi connectivity index (χ4n) is 3.57. The van der Waals surface area contributed by atoms with Gasteiger partial charge >= 0.3 is 0 Å². The van der Waals surface area contributed by atoms with Crippen molar-refractivity contribution in [3.8, 4) is 0 Å². The van der Waals surface area contributed by atoms with Gasteiger partial charge in [-0.05, 0) is 54.5 Å². The first-order valence-electron chi connectivity index (χ1n) is 10.1. The minimum absolute atomic E-state index is 0.0180. The second kappa shape index (κ2) is 10.7. The average Bonchev–Trinajstić information content (AvgIpc) is 2.73. The van der Waals surface area contributed by atoms with Crippen LogP contribution in [0.1, 0.15) is 42.4 Å². The summed E-state index contributed by atoms with van der Waals surface area (Å²) >= 11 is 11.9. The molecule has 0 bridgehead atoms. The number of halogens is 2. The molecule has 1 heterocycles. The molecule has 29 heavy (non-hydrogen) atoms. The Kier molecular flexibility index (Phi) is 7.96. The number of amides is 2. The van der Waals surface area contributed by atoms with E-state index in [1.807, 2.05) is 29.2 Å². The van der Waals surface area contributed by atoms with E-state index in [0.717, 1.165) is 31.4 Å². The van der Waals surface area contributed by atoms with E-state index in [0.29, 0.717) is 42.4 Å². The molecule has 0 aliphatic carbocycles. The molecule has 3 rings (SSSR count). The summed E-state index contributed by atoms with van der Waals surface area (Å²) in [5.74, 6) is 0.178. The van der Waals surface area contributed by atoms with Crippen LogP contribution in [-0.2, 0) is 29.0 Å². The molecule has 2 amide bonds. The zero-order chi connectivity index (χ0) is 20.6. The Morgan fingerprint density at radius 2 is 1.76 bits per heavy atom. The summed E-state index contributed by atoms with van der Waals surface area (Å²) in [5.41, 5.74) is 3.65. The normalized spacial score (nSPS) is 13.1. The molecule has 2 aromatic rings. The van der Waals surface area contributed by atoms with Crippen LogP contribution in [0.2, 0.25) is 10.0 Å². The van der Waals surface area contributed by atoms with E-state index in [4.69, 9.17) is 23.2 Å². The Morgan fingerprint density at radius 1 is 0.966 bits per heavy atom. The fourth-order valence-corrected chi connectivity index (χ4v) is 3.89. The number of hydrogen-bond donors (Lipinski definition) is 1. The van der Waals surface area contributed by atoms with Gasteiger partial charge in [0.25, 0.3) is 0 Å². The highest BCUT2D eigenvalue weighted by molar-refractivity contribution is 6.42. The summed E-state index contributed by atoms with van der Waals surface area (Å²) in [5, 5.41) is 3.98. The second-order valence-electron chi connectivity index (χ2n) is 7.39. The third kappa shape index (κ3) is 6.48. The number of carbonyl (C=O) groups excluding carboxylic acids is 2. The van der Waals surface area contributed by atoms with Crippen molar-refractivity contribution >= 4 is 35.0 Å². The highest BCUT2D eigenvalue weighted by Gasteiger charge is 2.19. The molecular weight excluding hydrogens is 407 g/mol. The quantitative estimate of drug-likeness (QED) is 0.609. The SMILES string of the molecule is O=C(CCCc1ccc(Cl)c(Cl)c1)NCCCC(=O)N1CCc2ccccc2C1. The van der Waals surface area contributed by atoms with Crippen molar-refractivity contribution in [2.75, 3.05) is 13.1 Å². The lowest BCUT2D eigenvalue weighted by molar-refractivity contribution is -0.132. The highest BCUT2D eigenvalue weighted by Crippen LogP contribution is 2.23. The molecule has 0 saturated carbocycles. The summed E-state index contributed by atoms with van der Waals surface area (Å²) in [6.07, 6.45) is 4.02. The van der Waals surface area contributed by atoms with E-state index < -0.39 is 0 Å². The van der Waals surface area contributed by atoms with Gasteiger partial charge < -0.3 is 10.2 Å². The minimum Gasteiger partial charge on any atom is -0.356 e. The third-order valence-corrected chi connectivity index (χ3v) is 5.97. The van der Waals surface area contributed by atoms with Gasteiger partial charge in [0, 0.05) is 32.5 Å². The standard InChI is InChI=1S/C23H26Cl2N2O2/c24-20-11-10-17(15-21(20)25)5-3-8-22(28)26-13-4-9-23(29)27-14-12-18-6-1-2-7-19(18)16-27/h1-2,6-7,10-11,15H,3-5,8-9,12-14,16H2,(H,26,28). The van der Waals surface area contributed by atoms with Gasteiger partial charge in [0.1, 0.15) is 0 Å². The zero-order valence-electron chi connectivity index (χ0n) is 16.4. The van der Waals surface area contributed by atoms with Gasteiger partial charge in [0.2, 0.25) is 11.8 Å². The van der Waals surface area contributed by atoms with Crippen molar-refractivity contribution in [2.24, 2.45) is 0 Å². The predicted octanol–water partition coefficient (Wildman–Crippen LogP) is 4.80. The Morgan fingerprint density at radius 3 is 2.55 bits per heavy atom. The monoisotopic (exact) mass is 432 g/mol. The maximum Gasteiger partial charge on any atom is 0.222 e. The lowest BCUT2D eigenvalue weighted by Gasteiger charge is -2.29. The second-order valence-corrected chi connectivity index (χ2v) is 8.20. The number of rotatable bonds is 8. The van der Waals surface area contributed by atoms with Crippen molar-refractivity contribution < 1.29 is 9.59 Å². The molecular formula is C23H26Cl2N2O2. The van der Waals surface area contributed by atoms with Crippen LogP contribution in [0.4, 0.5) is 0 Å². The lowest BCUT2D eigenvalue weighted by atomic mass is 9.99. The third-order valence-electron chi connectivity index (χ3n) is 5.23. The van der Waals surface area contributed by atoms with Crippen LogP contribution in [0, 0.1) is 0 Å². The largest absolute Gasteiger partial charge is 0.356 e. The number of carbonyl (C=O) groups is 2. The predicted molar refractivity (Wildman–Crippen MR) is 117 cm³/mol.